The van der Waals surface area contributed by atoms with E-state index in [9.17, 15) is 0 Å². The van der Waals surface area contributed by atoms with Crippen molar-refractivity contribution >= 4 is 0 Å². The van der Waals surface area contributed by atoms with Crippen LogP contribution in [-0.4, -0.2) is 41.4 Å². The number of morpholine rings is 1. The van der Waals surface area contributed by atoms with E-state index in [-0.39, 0.29) is 0 Å². The minimum atomic E-state index is 0.833. The van der Waals surface area contributed by atoms with Crippen LogP contribution in [0.1, 0.15) is 5.69 Å². The molecule has 0 bridgehead atoms. The zero-order valence-corrected chi connectivity index (χ0v) is 10.3. The molecule has 1 aliphatic rings. The molecule has 2 aromatic rings. The molecule has 0 saturated carbocycles. The third-order valence-corrected chi connectivity index (χ3v) is 3.20. The van der Waals surface area contributed by atoms with Gasteiger partial charge in [-0.25, -0.2) is 0 Å². The highest BCUT2D eigenvalue weighted by Crippen LogP contribution is 2.17. The van der Waals surface area contributed by atoms with Crippen molar-refractivity contribution in [3.8, 4) is 11.3 Å². The summed E-state index contributed by atoms with van der Waals surface area (Å²) in [4.78, 5) is 2.38. The summed E-state index contributed by atoms with van der Waals surface area (Å²) in [5.41, 5.74) is 3.33. The van der Waals surface area contributed by atoms with Crippen LogP contribution in [0.15, 0.2) is 36.4 Å². The molecule has 4 nitrogen and oxygen atoms in total. The summed E-state index contributed by atoms with van der Waals surface area (Å²) in [5.74, 6) is 0. The summed E-state index contributed by atoms with van der Waals surface area (Å²) in [6, 6.07) is 12.4. The fraction of sp³-hybridized carbons (Fsp3) is 0.357. The number of hydrogen-bond acceptors (Lipinski definition) is 3. The Morgan fingerprint density at radius 3 is 2.72 bits per heavy atom. The summed E-state index contributed by atoms with van der Waals surface area (Å²) in [6.07, 6.45) is 0. The van der Waals surface area contributed by atoms with Gasteiger partial charge in [-0.1, -0.05) is 30.3 Å². The minimum Gasteiger partial charge on any atom is -0.379 e. The first-order chi connectivity index (χ1) is 8.92. The first-order valence-corrected chi connectivity index (χ1v) is 6.31. The molecule has 1 aromatic carbocycles. The molecule has 1 aromatic heterocycles. The van der Waals surface area contributed by atoms with E-state index in [1.165, 1.54) is 0 Å². The van der Waals surface area contributed by atoms with Crippen LogP contribution in [0, 0.1) is 0 Å². The Balaban J connectivity index is 1.69. The molecule has 0 amide bonds. The molecule has 0 atom stereocenters. The monoisotopic (exact) mass is 243 g/mol. The molecule has 1 fully saturated rings. The van der Waals surface area contributed by atoms with Crippen LogP contribution in [0.5, 0.6) is 0 Å². The number of ether oxygens (including phenoxy) is 1. The van der Waals surface area contributed by atoms with Gasteiger partial charge in [0, 0.05) is 30.9 Å². The van der Waals surface area contributed by atoms with E-state index < -0.39 is 0 Å². The van der Waals surface area contributed by atoms with Crippen molar-refractivity contribution in [3.63, 3.8) is 0 Å². The fourth-order valence-electron chi connectivity index (χ4n) is 2.20. The van der Waals surface area contributed by atoms with Gasteiger partial charge in [0.15, 0.2) is 0 Å². The maximum absolute atomic E-state index is 5.34. The number of benzene rings is 1. The zero-order chi connectivity index (χ0) is 12.2. The SMILES string of the molecule is c1ccc(-c2cc(CN3CCOCC3)[nH]n2)cc1. The molecular formula is C14H17N3O. The van der Waals surface area contributed by atoms with Crippen LogP contribution in [0.4, 0.5) is 0 Å². The maximum Gasteiger partial charge on any atom is 0.0924 e. The van der Waals surface area contributed by atoms with Gasteiger partial charge in [-0.3, -0.25) is 10.00 Å². The first kappa shape index (κ1) is 11.4. The third kappa shape index (κ3) is 2.60. The topological polar surface area (TPSA) is 41.1 Å². The quantitative estimate of drug-likeness (QED) is 0.895. The molecule has 18 heavy (non-hydrogen) atoms. The van der Waals surface area contributed by atoms with Crippen LogP contribution in [0.2, 0.25) is 0 Å². The Morgan fingerprint density at radius 2 is 1.94 bits per heavy atom. The summed E-state index contributed by atoms with van der Waals surface area (Å²) >= 11 is 0. The Morgan fingerprint density at radius 1 is 1.17 bits per heavy atom. The van der Waals surface area contributed by atoms with Crippen molar-refractivity contribution in [2.45, 2.75) is 6.54 Å². The molecule has 0 radical (unpaired) electrons. The van der Waals surface area contributed by atoms with Gasteiger partial charge in [0.1, 0.15) is 0 Å². The van der Waals surface area contributed by atoms with Crippen molar-refractivity contribution in [1.29, 1.82) is 0 Å². The Labute approximate surface area is 107 Å². The summed E-state index contributed by atoms with van der Waals surface area (Å²) in [6.45, 7) is 4.59. The molecule has 0 aliphatic carbocycles. The normalized spacial score (nSPS) is 16.9. The molecule has 1 aliphatic heterocycles. The van der Waals surface area contributed by atoms with Crippen LogP contribution in [0.25, 0.3) is 11.3 Å². The minimum absolute atomic E-state index is 0.833. The Kier molecular flexibility index (Phi) is 3.39. The van der Waals surface area contributed by atoms with E-state index in [0.717, 1.165) is 49.8 Å². The van der Waals surface area contributed by atoms with Gasteiger partial charge in [0.2, 0.25) is 0 Å². The highest BCUT2D eigenvalue weighted by Gasteiger charge is 2.12. The lowest BCUT2D eigenvalue weighted by atomic mass is 10.1. The molecule has 0 spiro atoms. The first-order valence-electron chi connectivity index (χ1n) is 6.31. The van der Waals surface area contributed by atoms with Crippen molar-refractivity contribution in [2.75, 3.05) is 26.3 Å². The van der Waals surface area contributed by atoms with E-state index in [1.54, 1.807) is 0 Å². The van der Waals surface area contributed by atoms with Gasteiger partial charge in [0.25, 0.3) is 0 Å². The van der Waals surface area contributed by atoms with Gasteiger partial charge in [-0.05, 0) is 6.07 Å². The van der Waals surface area contributed by atoms with Gasteiger partial charge < -0.3 is 4.74 Å². The van der Waals surface area contributed by atoms with Gasteiger partial charge in [-0.15, -0.1) is 0 Å². The van der Waals surface area contributed by atoms with Crippen molar-refractivity contribution in [1.82, 2.24) is 15.1 Å². The molecular weight excluding hydrogens is 226 g/mol. The van der Waals surface area contributed by atoms with E-state index in [1.807, 2.05) is 18.2 Å². The van der Waals surface area contributed by atoms with E-state index in [2.05, 4.69) is 33.3 Å². The van der Waals surface area contributed by atoms with Crippen molar-refractivity contribution < 1.29 is 4.74 Å². The van der Waals surface area contributed by atoms with Gasteiger partial charge in [0.05, 0.1) is 18.9 Å². The fourth-order valence-corrected chi connectivity index (χ4v) is 2.20. The van der Waals surface area contributed by atoms with Gasteiger partial charge in [-0.2, -0.15) is 5.10 Å². The average Bonchev–Trinajstić information content (AvgIpc) is 2.89. The smallest absolute Gasteiger partial charge is 0.0924 e. The van der Waals surface area contributed by atoms with Crippen molar-refractivity contribution in [3.05, 3.63) is 42.1 Å². The number of aromatic amines is 1. The third-order valence-electron chi connectivity index (χ3n) is 3.20. The number of nitrogens with zero attached hydrogens (tertiary/aromatic N) is 2. The second kappa shape index (κ2) is 5.33. The molecule has 3 rings (SSSR count). The lowest BCUT2D eigenvalue weighted by molar-refractivity contribution is 0.0336. The highest BCUT2D eigenvalue weighted by molar-refractivity contribution is 5.58. The van der Waals surface area contributed by atoms with Gasteiger partial charge >= 0.3 is 0 Å². The number of aromatic nitrogens is 2. The zero-order valence-electron chi connectivity index (χ0n) is 10.3. The molecule has 1 N–H and O–H groups in total. The van der Waals surface area contributed by atoms with E-state index >= 15 is 0 Å². The van der Waals surface area contributed by atoms with Crippen molar-refractivity contribution in [2.24, 2.45) is 0 Å². The average molecular weight is 243 g/mol. The highest BCUT2D eigenvalue weighted by atomic mass is 16.5. The maximum atomic E-state index is 5.34. The molecule has 1 saturated heterocycles. The largest absolute Gasteiger partial charge is 0.379 e. The van der Waals surface area contributed by atoms with E-state index in [4.69, 9.17) is 4.74 Å². The van der Waals surface area contributed by atoms with Crippen LogP contribution < -0.4 is 0 Å². The lowest BCUT2D eigenvalue weighted by Gasteiger charge is -2.25. The van der Waals surface area contributed by atoms with Crippen LogP contribution in [-0.2, 0) is 11.3 Å². The summed E-state index contributed by atoms with van der Waals surface area (Å²) in [7, 11) is 0. The number of hydrogen-bond donors (Lipinski definition) is 1. The summed E-state index contributed by atoms with van der Waals surface area (Å²) < 4.78 is 5.34. The van der Waals surface area contributed by atoms with E-state index in [0.29, 0.717) is 0 Å². The molecule has 2 heterocycles. The number of H-pyrrole nitrogens is 1. The number of rotatable bonds is 3. The molecule has 0 unspecified atom stereocenters. The number of nitrogens with one attached hydrogen (secondary N) is 1. The second-order valence-corrected chi connectivity index (χ2v) is 4.53. The molecule has 4 heteroatoms. The predicted molar refractivity (Wildman–Crippen MR) is 70.1 cm³/mol. The Bertz CT molecular complexity index is 489. The molecule has 94 valence electrons. The predicted octanol–water partition coefficient (Wildman–Crippen LogP) is 1.91. The second-order valence-electron chi connectivity index (χ2n) is 4.53. The summed E-state index contributed by atoms with van der Waals surface area (Å²) in [5, 5.41) is 7.49. The van der Waals surface area contributed by atoms with Crippen LogP contribution >= 0.6 is 0 Å². The van der Waals surface area contributed by atoms with Crippen LogP contribution in [0.3, 0.4) is 0 Å². The Hall–Kier alpha value is -1.65. The standard InChI is InChI=1S/C14H17N3O/c1-2-4-12(5-3-1)14-10-13(15-16-14)11-17-6-8-18-9-7-17/h1-5,10H,6-9,11H2,(H,15,16). The lowest BCUT2D eigenvalue weighted by Crippen LogP contribution is -2.35.